The first kappa shape index (κ1) is 19.1. The summed E-state index contributed by atoms with van der Waals surface area (Å²) in [5, 5.41) is 2.78. The Labute approximate surface area is 171 Å². The number of fused-ring (bicyclic) bond motifs is 1. The number of thiophene rings is 1. The smallest absolute Gasteiger partial charge is 0.196 e. The van der Waals surface area contributed by atoms with E-state index in [0.29, 0.717) is 10.9 Å². The minimum absolute atomic E-state index is 0.0149. The van der Waals surface area contributed by atoms with Crippen molar-refractivity contribution in [2.75, 3.05) is 6.26 Å². The molecule has 2 heterocycles. The second-order valence-electron chi connectivity index (χ2n) is 6.78. The topological polar surface area (TPSA) is 51.2 Å². The van der Waals surface area contributed by atoms with E-state index in [0.717, 1.165) is 31.1 Å². The monoisotopic (exact) mass is 426 g/mol. The quantitative estimate of drug-likeness (QED) is 0.424. The van der Waals surface area contributed by atoms with Crippen LogP contribution in [0, 0.1) is 13.8 Å². The summed E-state index contributed by atoms with van der Waals surface area (Å²) in [5.41, 5.74) is 3.63. The molecule has 0 N–H and O–H groups in total. The fourth-order valence-corrected chi connectivity index (χ4v) is 6.04. The van der Waals surface area contributed by atoms with Crippen LogP contribution in [0.25, 0.3) is 31.7 Å². The largest absolute Gasteiger partial charge is 0.288 e. The molecule has 0 aliphatic carbocycles. The summed E-state index contributed by atoms with van der Waals surface area (Å²) >= 11 is 3.20. The Kier molecular flexibility index (Phi) is 4.73. The van der Waals surface area contributed by atoms with Gasteiger partial charge < -0.3 is 0 Å². The van der Waals surface area contributed by atoms with Gasteiger partial charge in [-0.2, -0.15) is 0 Å². The molecule has 2 aromatic heterocycles. The lowest BCUT2D eigenvalue weighted by atomic mass is 9.98. The van der Waals surface area contributed by atoms with Crippen LogP contribution in [-0.4, -0.2) is 14.7 Å². The van der Waals surface area contributed by atoms with Crippen LogP contribution in [0.3, 0.4) is 0 Å². The van der Waals surface area contributed by atoms with Crippen molar-refractivity contribution in [2.45, 2.75) is 18.7 Å². The van der Waals surface area contributed by atoms with Crippen LogP contribution < -0.4 is 5.43 Å². The number of hydrogen-bond acceptors (Lipinski definition) is 5. The maximum atomic E-state index is 13.5. The van der Waals surface area contributed by atoms with Crippen molar-refractivity contribution in [3.8, 4) is 21.6 Å². The molecular formula is C22H18O3S3. The van der Waals surface area contributed by atoms with E-state index in [1.807, 2.05) is 38.1 Å². The predicted molar refractivity (Wildman–Crippen MR) is 119 cm³/mol. The van der Waals surface area contributed by atoms with Gasteiger partial charge in [-0.25, -0.2) is 8.42 Å². The molecule has 0 radical (unpaired) electrons. The maximum absolute atomic E-state index is 13.5. The molecule has 3 nitrogen and oxygen atoms in total. The van der Waals surface area contributed by atoms with Crippen LogP contribution in [0.5, 0.6) is 0 Å². The molecule has 0 saturated carbocycles. The van der Waals surface area contributed by atoms with Crippen molar-refractivity contribution in [1.82, 2.24) is 0 Å². The van der Waals surface area contributed by atoms with Gasteiger partial charge in [0.05, 0.1) is 4.90 Å². The number of benzene rings is 2. The average molecular weight is 427 g/mol. The highest BCUT2D eigenvalue weighted by atomic mass is 32.2. The second kappa shape index (κ2) is 6.95. The van der Waals surface area contributed by atoms with Crippen molar-refractivity contribution in [3.63, 3.8) is 0 Å². The Morgan fingerprint density at radius 3 is 2.18 bits per heavy atom. The molecule has 2 aromatic carbocycles. The Balaban J connectivity index is 2.08. The molecule has 142 valence electrons. The zero-order valence-electron chi connectivity index (χ0n) is 15.6. The van der Waals surface area contributed by atoms with Gasteiger partial charge in [-0.05, 0) is 54.6 Å². The first-order valence-corrected chi connectivity index (χ1v) is 12.3. The average Bonchev–Trinajstić information content (AvgIpc) is 2.99. The van der Waals surface area contributed by atoms with Gasteiger partial charge in [0.15, 0.2) is 15.3 Å². The zero-order valence-corrected chi connectivity index (χ0v) is 18.1. The molecule has 4 aromatic rings. The van der Waals surface area contributed by atoms with Gasteiger partial charge in [0, 0.05) is 37.2 Å². The van der Waals surface area contributed by atoms with Crippen LogP contribution in [0.15, 0.2) is 63.6 Å². The van der Waals surface area contributed by atoms with Gasteiger partial charge in [-0.1, -0.05) is 24.3 Å². The number of hydrogen-bond donors (Lipinski definition) is 0. The van der Waals surface area contributed by atoms with E-state index in [-0.39, 0.29) is 10.3 Å². The summed E-state index contributed by atoms with van der Waals surface area (Å²) < 4.78 is 24.5. The van der Waals surface area contributed by atoms with Crippen LogP contribution in [0.4, 0.5) is 0 Å². The Hall–Kier alpha value is -2.28. The van der Waals surface area contributed by atoms with Crippen LogP contribution in [0.2, 0.25) is 0 Å². The Morgan fingerprint density at radius 1 is 0.893 bits per heavy atom. The van der Waals surface area contributed by atoms with Crippen LogP contribution in [-0.2, 0) is 9.84 Å². The molecule has 6 heteroatoms. The van der Waals surface area contributed by atoms with E-state index < -0.39 is 9.84 Å². The van der Waals surface area contributed by atoms with Crippen molar-refractivity contribution in [3.05, 3.63) is 74.6 Å². The third-order valence-corrected chi connectivity index (χ3v) is 8.13. The minimum atomic E-state index is -3.27. The molecule has 0 atom stereocenters. The van der Waals surface area contributed by atoms with E-state index in [2.05, 4.69) is 5.38 Å². The fraction of sp³-hybridized carbons (Fsp3) is 0.136. The number of rotatable bonds is 3. The molecule has 0 spiro atoms. The molecule has 4 rings (SSSR count). The van der Waals surface area contributed by atoms with Gasteiger partial charge in [-0.15, -0.1) is 22.7 Å². The van der Waals surface area contributed by atoms with Gasteiger partial charge in [0.25, 0.3) is 0 Å². The Morgan fingerprint density at radius 2 is 1.57 bits per heavy atom. The van der Waals surface area contributed by atoms with Crippen molar-refractivity contribution < 1.29 is 8.42 Å². The van der Waals surface area contributed by atoms with Crippen molar-refractivity contribution in [1.29, 1.82) is 0 Å². The molecular weight excluding hydrogens is 408 g/mol. The predicted octanol–water partition coefficient (Wildman–Crippen LogP) is 5.68. The first-order valence-electron chi connectivity index (χ1n) is 8.69. The highest BCUT2D eigenvalue weighted by Crippen LogP contribution is 2.41. The lowest BCUT2D eigenvalue weighted by Crippen LogP contribution is -2.07. The molecule has 0 fully saturated rings. The van der Waals surface area contributed by atoms with E-state index in [1.54, 1.807) is 46.9 Å². The molecule has 0 aliphatic rings. The number of sulfone groups is 1. The fourth-order valence-electron chi connectivity index (χ4n) is 3.37. The SMILES string of the molecule is Cc1csc(C)c1-c1c(-c2ccc(S(C)(=O)=O)cc2)sc2ccccc2c1=O. The standard InChI is InChI=1S/C22H18O3S3/c1-13-12-26-14(2)19(13)20-21(23)17-6-4-5-7-18(17)27-22(20)15-8-10-16(11-9-15)28(3,24)25/h4-12H,1-3H3. The zero-order chi connectivity index (χ0) is 20.1. The van der Waals surface area contributed by atoms with Crippen molar-refractivity contribution >= 4 is 42.6 Å². The lowest BCUT2D eigenvalue weighted by molar-refractivity contribution is 0.602. The van der Waals surface area contributed by atoms with E-state index in [9.17, 15) is 13.2 Å². The normalized spacial score (nSPS) is 11.8. The maximum Gasteiger partial charge on any atom is 0.196 e. The molecule has 0 amide bonds. The summed E-state index contributed by atoms with van der Waals surface area (Å²) in [5.74, 6) is 0. The van der Waals surface area contributed by atoms with Crippen LogP contribution in [0.1, 0.15) is 10.4 Å². The van der Waals surface area contributed by atoms with Gasteiger partial charge in [0.2, 0.25) is 0 Å². The summed E-state index contributed by atoms with van der Waals surface area (Å²) in [6.07, 6.45) is 1.19. The highest BCUT2D eigenvalue weighted by molar-refractivity contribution is 7.90. The first-order chi connectivity index (χ1) is 13.3. The Bertz CT molecular complexity index is 1340. The van der Waals surface area contributed by atoms with Crippen molar-refractivity contribution in [2.24, 2.45) is 0 Å². The molecule has 0 bridgehead atoms. The third-order valence-electron chi connectivity index (χ3n) is 4.75. The van der Waals surface area contributed by atoms with E-state index in [4.69, 9.17) is 0 Å². The minimum Gasteiger partial charge on any atom is -0.288 e. The van der Waals surface area contributed by atoms with E-state index >= 15 is 0 Å². The van der Waals surface area contributed by atoms with Gasteiger partial charge in [-0.3, -0.25) is 4.79 Å². The number of aryl methyl sites for hydroxylation is 2. The van der Waals surface area contributed by atoms with Gasteiger partial charge >= 0.3 is 0 Å². The molecule has 0 aliphatic heterocycles. The third kappa shape index (κ3) is 3.21. The highest BCUT2D eigenvalue weighted by Gasteiger charge is 2.20. The summed E-state index contributed by atoms with van der Waals surface area (Å²) in [7, 11) is -3.27. The van der Waals surface area contributed by atoms with Gasteiger partial charge in [0.1, 0.15) is 0 Å². The molecule has 0 unspecified atom stereocenters. The van der Waals surface area contributed by atoms with Crippen LogP contribution >= 0.6 is 22.7 Å². The summed E-state index contributed by atoms with van der Waals surface area (Å²) in [6, 6.07) is 14.4. The lowest BCUT2D eigenvalue weighted by Gasteiger charge is -2.12. The summed E-state index contributed by atoms with van der Waals surface area (Å²) in [4.78, 5) is 15.7. The van der Waals surface area contributed by atoms with E-state index in [1.165, 1.54) is 6.26 Å². The molecule has 0 saturated heterocycles. The molecule has 28 heavy (non-hydrogen) atoms. The second-order valence-corrected chi connectivity index (χ2v) is 10.9. The summed E-state index contributed by atoms with van der Waals surface area (Å²) in [6.45, 7) is 4.05.